The first-order valence-electron chi connectivity index (χ1n) is 16.0. The first-order chi connectivity index (χ1) is 20.2. The van der Waals surface area contributed by atoms with Gasteiger partial charge in [-0.05, 0) is 88.2 Å². The number of benzene rings is 1. The van der Waals surface area contributed by atoms with Crippen LogP contribution in [0, 0.1) is 16.2 Å². The highest BCUT2D eigenvalue weighted by Crippen LogP contribution is 2.74. The number of hydrogen-bond acceptors (Lipinski definition) is 6. The van der Waals surface area contributed by atoms with Crippen LogP contribution in [0.1, 0.15) is 103 Å². The number of ether oxygens (including phenoxy) is 2. The maximum absolute atomic E-state index is 14.0. The maximum atomic E-state index is 14.0. The van der Waals surface area contributed by atoms with Crippen molar-refractivity contribution in [2.24, 2.45) is 16.2 Å². The number of hydrogen-bond donors (Lipinski definition) is 0. The number of piperazine rings is 1. The van der Waals surface area contributed by atoms with Crippen molar-refractivity contribution >= 4 is 23.9 Å². The van der Waals surface area contributed by atoms with Gasteiger partial charge in [-0.2, -0.15) is 0 Å². The monoisotopic (exact) mass is 593 g/mol. The Morgan fingerprint density at radius 3 is 2.16 bits per heavy atom. The number of amides is 3. The van der Waals surface area contributed by atoms with Crippen LogP contribution in [-0.4, -0.2) is 83.5 Å². The minimum absolute atomic E-state index is 0.00322. The van der Waals surface area contributed by atoms with E-state index in [0.717, 1.165) is 31.2 Å². The van der Waals surface area contributed by atoms with Gasteiger partial charge in [0.15, 0.2) is 0 Å². The summed E-state index contributed by atoms with van der Waals surface area (Å²) < 4.78 is 10.6. The van der Waals surface area contributed by atoms with Crippen molar-refractivity contribution in [3.63, 3.8) is 0 Å². The molecular formula is C34H47N3O6. The van der Waals surface area contributed by atoms with Crippen LogP contribution in [0.3, 0.4) is 0 Å². The van der Waals surface area contributed by atoms with E-state index in [2.05, 4.69) is 30.9 Å². The Morgan fingerprint density at radius 2 is 1.58 bits per heavy atom. The van der Waals surface area contributed by atoms with Gasteiger partial charge >= 0.3 is 12.1 Å². The highest BCUT2D eigenvalue weighted by Gasteiger charge is 2.76. The van der Waals surface area contributed by atoms with E-state index in [1.54, 1.807) is 4.90 Å². The Kier molecular flexibility index (Phi) is 7.13. The lowest BCUT2D eigenvalue weighted by atomic mass is 9.34. The molecule has 0 radical (unpaired) electrons. The molecule has 2 aliphatic heterocycles. The smallest absolute Gasteiger partial charge is 0.410 e. The molecule has 234 valence electrons. The zero-order chi connectivity index (χ0) is 30.9. The molecule has 1 aromatic carbocycles. The molecular weight excluding hydrogens is 546 g/mol. The second-order valence-electron chi connectivity index (χ2n) is 15.4. The molecule has 2 bridgehead atoms. The molecule has 2 saturated heterocycles. The van der Waals surface area contributed by atoms with E-state index in [1.807, 2.05) is 37.8 Å². The molecule has 0 aromatic heterocycles. The van der Waals surface area contributed by atoms with E-state index in [4.69, 9.17) is 9.47 Å². The summed E-state index contributed by atoms with van der Waals surface area (Å²) in [7, 11) is 1.40. The van der Waals surface area contributed by atoms with Crippen molar-refractivity contribution in [1.29, 1.82) is 0 Å². The largest absolute Gasteiger partial charge is 0.469 e. The minimum atomic E-state index is -0.526. The molecule has 43 heavy (non-hydrogen) atoms. The quantitative estimate of drug-likeness (QED) is 0.444. The molecule has 3 amide bonds. The molecule has 4 saturated carbocycles. The highest BCUT2D eigenvalue weighted by molar-refractivity contribution is 5.96. The lowest BCUT2D eigenvalue weighted by Gasteiger charge is -2.68. The molecule has 2 heterocycles. The van der Waals surface area contributed by atoms with Gasteiger partial charge in [0.2, 0.25) is 11.8 Å². The van der Waals surface area contributed by atoms with Crippen molar-refractivity contribution in [1.82, 2.24) is 14.7 Å². The molecule has 1 unspecified atom stereocenters. The van der Waals surface area contributed by atoms with Crippen LogP contribution in [0.4, 0.5) is 4.79 Å². The number of carbonyl (C=O) groups is 4. The van der Waals surface area contributed by atoms with E-state index in [1.165, 1.54) is 12.7 Å². The highest BCUT2D eigenvalue weighted by atomic mass is 16.6. The van der Waals surface area contributed by atoms with Crippen LogP contribution in [0.2, 0.25) is 0 Å². The summed E-state index contributed by atoms with van der Waals surface area (Å²) >= 11 is 0. The molecule has 1 atom stereocenters. The fraction of sp³-hybridized carbons (Fsp3) is 0.706. The summed E-state index contributed by atoms with van der Waals surface area (Å²) in [5, 5.41) is 0. The maximum Gasteiger partial charge on any atom is 0.410 e. The normalized spacial score (nSPS) is 30.0. The predicted molar refractivity (Wildman–Crippen MR) is 160 cm³/mol. The first kappa shape index (κ1) is 29.9. The lowest BCUT2D eigenvalue weighted by Crippen LogP contribution is -2.72. The summed E-state index contributed by atoms with van der Waals surface area (Å²) in [6.07, 6.45) is 4.98. The molecule has 4 aliphatic carbocycles. The molecule has 0 N–H and O–H groups in total. The third-order valence-corrected chi connectivity index (χ3v) is 10.9. The molecule has 6 fully saturated rings. The Morgan fingerprint density at radius 1 is 0.953 bits per heavy atom. The number of nitrogens with zero attached hydrogens (tertiary/aromatic N) is 3. The van der Waals surface area contributed by atoms with Gasteiger partial charge < -0.3 is 24.2 Å². The first-order valence-corrected chi connectivity index (χ1v) is 16.0. The Labute approximate surface area is 255 Å². The van der Waals surface area contributed by atoms with Crippen LogP contribution in [0.5, 0.6) is 0 Å². The van der Waals surface area contributed by atoms with Crippen molar-refractivity contribution < 1.29 is 28.7 Å². The van der Waals surface area contributed by atoms with Crippen molar-refractivity contribution in [2.75, 3.05) is 33.3 Å². The molecule has 1 aromatic rings. The number of esters is 1. The Bertz CT molecular complexity index is 1300. The fourth-order valence-electron chi connectivity index (χ4n) is 8.80. The third-order valence-electron chi connectivity index (χ3n) is 10.9. The second kappa shape index (κ2) is 10.2. The summed E-state index contributed by atoms with van der Waals surface area (Å²) in [5.41, 5.74) is 0.912. The Balaban J connectivity index is 1.17. The van der Waals surface area contributed by atoms with Crippen LogP contribution in [-0.2, 0) is 23.9 Å². The van der Waals surface area contributed by atoms with Gasteiger partial charge in [-0.3, -0.25) is 14.4 Å². The van der Waals surface area contributed by atoms with Crippen molar-refractivity contribution in [2.45, 2.75) is 103 Å². The standard InChI is InChI=1S/C34H47N3O6/c1-22(2)24-9-7-8-10-25(24)26-17-36(28(39)33-19-34(20-33,21-33)29(40)42-6)18-27(38)37(26)23-15-32(16-23)11-13-35(14-12-32)30(41)43-31(3,4)5/h7-10,22-23,26H,11-21H2,1-6H3. The van der Waals surface area contributed by atoms with Crippen LogP contribution < -0.4 is 0 Å². The van der Waals surface area contributed by atoms with Crippen LogP contribution >= 0.6 is 0 Å². The summed E-state index contributed by atoms with van der Waals surface area (Å²) in [4.78, 5) is 58.4. The second-order valence-corrected chi connectivity index (χ2v) is 15.4. The third kappa shape index (κ3) is 5.00. The number of rotatable bonds is 5. The van der Waals surface area contributed by atoms with E-state index < -0.39 is 16.4 Å². The number of carbonyl (C=O) groups excluding carboxylic acids is 4. The van der Waals surface area contributed by atoms with Gasteiger partial charge in [-0.25, -0.2) is 4.79 Å². The SMILES string of the molecule is COC(=O)C12CC(C(=O)N3CC(=O)N(C4CC5(CCN(C(=O)OC(C)(C)C)CC5)C4)C(c4ccccc4C(C)C)C3)(C1)C2. The van der Waals surface area contributed by atoms with E-state index >= 15 is 0 Å². The fourth-order valence-corrected chi connectivity index (χ4v) is 8.80. The minimum Gasteiger partial charge on any atom is -0.469 e. The molecule has 9 heteroatoms. The molecule has 7 rings (SSSR count). The van der Waals surface area contributed by atoms with E-state index in [0.29, 0.717) is 38.9 Å². The summed E-state index contributed by atoms with van der Waals surface area (Å²) in [6, 6.07) is 8.23. The lowest BCUT2D eigenvalue weighted by molar-refractivity contribution is -0.229. The molecule has 1 spiro atoms. The zero-order valence-electron chi connectivity index (χ0n) is 26.6. The predicted octanol–water partition coefficient (Wildman–Crippen LogP) is 5.04. The van der Waals surface area contributed by atoms with Crippen molar-refractivity contribution in [3.8, 4) is 0 Å². The average Bonchev–Trinajstić information content (AvgIpc) is 2.88. The summed E-state index contributed by atoms with van der Waals surface area (Å²) in [5.74, 6) is 0.0747. The molecule has 6 aliphatic rings. The number of likely N-dealkylation sites (tertiary alicyclic amines) is 1. The van der Waals surface area contributed by atoms with Gasteiger partial charge in [-0.15, -0.1) is 0 Å². The van der Waals surface area contributed by atoms with Gasteiger partial charge in [0.25, 0.3) is 0 Å². The summed E-state index contributed by atoms with van der Waals surface area (Å²) in [6.45, 7) is 11.9. The molecule has 9 nitrogen and oxygen atoms in total. The van der Waals surface area contributed by atoms with Gasteiger partial charge in [0, 0.05) is 25.7 Å². The zero-order valence-corrected chi connectivity index (χ0v) is 26.6. The topological polar surface area (TPSA) is 96.5 Å². The average molecular weight is 594 g/mol. The number of methoxy groups -OCH3 is 1. The number of piperidine rings is 1. The Hall–Kier alpha value is -3.10. The van der Waals surface area contributed by atoms with Crippen LogP contribution in [0.25, 0.3) is 0 Å². The van der Waals surface area contributed by atoms with Gasteiger partial charge in [-0.1, -0.05) is 38.1 Å². The van der Waals surface area contributed by atoms with Gasteiger partial charge in [0.1, 0.15) is 5.60 Å². The van der Waals surface area contributed by atoms with E-state index in [-0.39, 0.29) is 53.8 Å². The van der Waals surface area contributed by atoms with Crippen LogP contribution in [0.15, 0.2) is 24.3 Å². The van der Waals surface area contributed by atoms with Gasteiger partial charge in [0.05, 0.1) is 30.5 Å². The van der Waals surface area contributed by atoms with E-state index in [9.17, 15) is 19.2 Å². The van der Waals surface area contributed by atoms with Crippen molar-refractivity contribution in [3.05, 3.63) is 35.4 Å².